The Hall–Kier alpha value is -1.67. The number of aryl methyl sites for hydroxylation is 4. The van der Waals surface area contributed by atoms with Crippen LogP contribution in [0, 0.1) is 33.5 Å². The second-order valence-corrected chi connectivity index (χ2v) is 5.54. The number of rotatable bonds is 3. The van der Waals surface area contributed by atoms with Gasteiger partial charge in [-0.1, -0.05) is 24.3 Å². The van der Waals surface area contributed by atoms with Gasteiger partial charge in [0, 0.05) is 5.56 Å². The van der Waals surface area contributed by atoms with Gasteiger partial charge in [-0.3, -0.25) is 0 Å². The maximum Gasteiger partial charge on any atom is 0.128 e. The van der Waals surface area contributed by atoms with E-state index in [0.29, 0.717) is 5.56 Å². The van der Waals surface area contributed by atoms with Gasteiger partial charge in [-0.05, 0) is 68.6 Å². The summed E-state index contributed by atoms with van der Waals surface area (Å²) in [6, 6.07) is 9.64. The first kappa shape index (κ1) is 14.7. The highest BCUT2D eigenvalue weighted by atomic mass is 19.1. The molecule has 0 aliphatic carbocycles. The third-order valence-corrected chi connectivity index (χ3v) is 3.95. The minimum absolute atomic E-state index is 0.116. The summed E-state index contributed by atoms with van der Waals surface area (Å²) in [5.74, 6) is -0.151. The van der Waals surface area contributed by atoms with E-state index in [-0.39, 0.29) is 11.9 Å². The van der Waals surface area contributed by atoms with E-state index in [9.17, 15) is 4.39 Å². The minimum Gasteiger partial charge on any atom is -0.309 e. The van der Waals surface area contributed by atoms with Gasteiger partial charge < -0.3 is 5.32 Å². The van der Waals surface area contributed by atoms with Crippen molar-refractivity contribution >= 4 is 0 Å². The normalized spacial score (nSPS) is 12.5. The molecule has 0 aliphatic rings. The van der Waals surface area contributed by atoms with E-state index in [1.165, 1.54) is 16.7 Å². The molecule has 0 saturated carbocycles. The highest BCUT2D eigenvalue weighted by molar-refractivity contribution is 5.43. The van der Waals surface area contributed by atoms with Crippen LogP contribution in [0.2, 0.25) is 0 Å². The molecule has 2 heteroatoms. The third-order valence-electron chi connectivity index (χ3n) is 3.95. The lowest BCUT2D eigenvalue weighted by atomic mass is 9.91. The number of benzene rings is 2. The molecule has 1 atom stereocenters. The molecule has 0 bridgehead atoms. The molecule has 2 rings (SSSR count). The van der Waals surface area contributed by atoms with Crippen LogP contribution in [-0.2, 0) is 0 Å². The van der Waals surface area contributed by atoms with Gasteiger partial charge in [0.1, 0.15) is 5.82 Å². The van der Waals surface area contributed by atoms with Crippen LogP contribution >= 0.6 is 0 Å². The van der Waals surface area contributed by atoms with Crippen LogP contribution in [0.15, 0.2) is 30.3 Å². The fourth-order valence-electron chi connectivity index (χ4n) is 2.64. The van der Waals surface area contributed by atoms with Crippen LogP contribution in [0.3, 0.4) is 0 Å². The maximum atomic E-state index is 14.2. The van der Waals surface area contributed by atoms with Crippen molar-refractivity contribution in [1.82, 2.24) is 5.32 Å². The van der Waals surface area contributed by atoms with Crippen molar-refractivity contribution in [1.29, 1.82) is 0 Å². The molecular formula is C18H22FN. The van der Waals surface area contributed by atoms with Crippen molar-refractivity contribution < 1.29 is 4.39 Å². The molecule has 2 aromatic rings. The summed E-state index contributed by atoms with van der Waals surface area (Å²) in [6.07, 6.45) is 0. The average Bonchev–Trinajstić information content (AvgIpc) is 2.38. The smallest absolute Gasteiger partial charge is 0.128 e. The van der Waals surface area contributed by atoms with E-state index in [2.05, 4.69) is 38.2 Å². The van der Waals surface area contributed by atoms with Crippen LogP contribution in [0.25, 0.3) is 0 Å². The van der Waals surface area contributed by atoms with Gasteiger partial charge in [0.2, 0.25) is 0 Å². The summed E-state index contributed by atoms with van der Waals surface area (Å²) < 4.78 is 14.2. The Morgan fingerprint density at radius 3 is 2.10 bits per heavy atom. The molecule has 20 heavy (non-hydrogen) atoms. The predicted octanol–water partition coefficient (Wildman–Crippen LogP) is 4.37. The standard InChI is InChI=1S/C18H22FN/c1-11-6-7-15(17(19)8-11)18(20-5)16-10-13(3)12(2)9-14(16)4/h6-10,18,20H,1-5H3. The molecule has 106 valence electrons. The van der Waals surface area contributed by atoms with Crippen molar-refractivity contribution in [3.05, 3.63) is 69.5 Å². The fraction of sp³-hybridized carbons (Fsp3) is 0.333. The van der Waals surface area contributed by atoms with Crippen molar-refractivity contribution in [2.45, 2.75) is 33.7 Å². The van der Waals surface area contributed by atoms with Gasteiger partial charge in [0.25, 0.3) is 0 Å². The van der Waals surface area contributed by atoms with Crippen LogP contribution in [0.4, 0.5) is 4.39 Å². The number of halogens is 1. The molecule has 0 aliphatic heterocycles. The van der Waals surface area contributed by atoms with E-state index < -0.39 is 0 Å². The lowest BCUT2D eigenvalue weighted by molar-refractivity contribution is 0.574. The fourth-order valence-corrected chi connectivity index (χ4v) is 2.64. The minimum atomic E-state index is -0.151. The Morgan fingerprint density at radius 1 is 0.850 bits per heavy atom. The molecule has 0 fully saturated rings. The Bertz CT molecular complexity index is 632. The van der Waals surface area contributed by atoms with Gasteiger partial charge in [-0.15, -0.1) is 0 Å². The van der Waals surface area contributed by atoms with E-state index in [4.69, 9.17) is 0 Å². The van der Waals surface area contributed by atoms with E-state index in [0.717, 1.165) is 11.1 Å². The maximum absolute atomic E-state index is 14.2. The Kier molecular flexibility index (Phi) is 4.24. The van der Waals surface area contributed by atoms with E-state index in [1.54, 1.807) is 6.07 Å². The highest BCUT2D eigenvalue weighted by Crippen LogP contribution is 2.29. The molecule has 0 radical (unpaired) electrons. The van der Waals surface area contributed by atoms with Crippen LogP contribution in [0.5, 0.6) is 0 Å². The van der Waals surface area contributed by atoms with Gasteiger partial charge >= 0.3 is 0 Å². The summed E-state index contributed by atoms with van der Waals surface area (Å²) in [4.78, 5) is 0. The van der Waals surface area contributed by atoms with Gasteiger partial charge in [0.05, 0.1) is 6.04 Å². The van der Waals surface area contributed by atoms with Gasteiger partial charge in [-0.2, -0.15) is 0 Å². The molecule has 1 N–H and O–H groups in total. The van der Waals surface area contributed by atoms with E-state index in [1.807, 2.05) is 26.1 Å². The molecule has 0 amide bonds. The highest BCUT2D eigenvalue weighted by Gasteiger charge is 2.18. The van der Waals surface area contributed by atoms with Crippen molar-refractivity contribution in [3.63, 3.8) is 0 Å². The molecule has 0 saturated heterocycles. The summed E-state index contributed by atoms with van der Waals surface area (Å²) in [7, 11) is 1.87. The monoisotopic (exact) mass is 271 g/mol. The first-order valence-corrected chi connectivity index (χ1v) is 6.95. The molecule has 0 heterocycles. The summed E-state index contributed by atoms with van der Waals surface area (Å²) in [5, 5.41) is 3.24. The van der Waals surface area contributed by atoms with Crippen molar-refractivity contribution in [3.8, 4) is 0 Å². The van der Waals surface area contributed by atoms with Crippen molar-refractivity contribution in [2.24, 2.45) is 0 Å². The van der Waals surface area contributed by atoms with Crippen molar-refractivity contribution in [2.75, 3.05) is 7.05 Å². The predicted molar refractivity (Wildman–Crippen MR) is 82.7 cm³/mol. The van der Waals surface area contributed by atoms with Crippen LogP contribution < -0.4 is 5.32 Å². The zero-order valence-corrected chi connectivity index (χ0v) is 12.8. The zero-order valence-electron chi connectivity index (χ0n) is 12.8. The molecule has 2 aromatic carbocycles. The zero-order chi connectivity index (χ0) is 14.9. The third kappa shape index (κ3) is 2.75. The SMILES string of the molecule is CNC(c1cc(C)c(C)cc1C)c1ccc(C)cc1F. The van der Waals surface area contributed by atoms with E-state index >= 15 is 0 Å². The number of hydrogen-bond donors (Lipinski definition) is 1. The van der Waals surface area contributed by atoms with Gasteiger partial charge in [-0.25, -0.2) is 4.39 Å². The van der Waals surface area contributed by atoms with Crippen LogP contribution in [-0.4, -0.2) is 7.05 Å². The molecule has 1 nitrogen and oxygen atoms in total. The number of hydrogen-bond acceptors (Lipinski definition) is 1. The first-order chi connectivity index (χ1) is 9.43. The summed E-state index contributed by atoms with van der Waals surface area (Å²) in [6.45, 7) is 8.18. The molecule has 1 unspecified atom stereocenters. The first-order valence-electron chi connectivity index (χ1n) is 6.95. The quantitative estimate of drug-likeness (QED) is 0.874. The molecule has 0 aromatic heterocycles. The Balaban J connectivity index is 2.55. The Morgan fingerprint density at radius 2 is 1.50 bits per heavy atom. The van der Waals surface area contributed by atoms with Crippen LogP contribution in [0.1, 0.15) is 39.4 Å². The second-order valence-electron chi connectivity index (χ2n) is 5.54. The largest absolute Gasteiger partial charge is 0.309 e. The topological polar surface area (TPSA) is 12.0 Å². The van der Waals surface area contributed by atoms with Gasteiger partial charge in [0.15, 0.2) is 0 Å². The summed E-state index contributed by atoms with van der Waals surface area (Å²) in [5.41, 5.74) is 6.47. The second kappa shape index (κ2) is 5.76. The Labute approximate surface area is 120 Å². The lowest BCUT2D eigenvalue weighted by Gasteiger charge is -2.21. The number of nitrogens with one attached hydrogen (secondary N) is 1. The average molecular weight is 271 g/mol. The molecular weight excluding hydrogens is 249 g/mol. The lowest BCUT2D eigenvalue weighted by Crippen LogP contribution is -2.20. The molecule has 0 spiro atoms. The summed E-state index contributed by atoms with van der Waals surface area (Å²) >= 11 is 0.